The van der Waals surface area contributed by atoms with Gasteiger partial charge < -0.3 is 10.2 Å². The predicted octanol–water partition coefficient (Wildman–Crippen LogP) is 2.71. The number of amides is 1. The highest BCUT2D eigenvalue weighted by atomic mass is 19.1. The zero-order valence-corrected chi connectivity index (χ0v) is 12.0. The molecule has 5 nitrogen and oxygen atoms in total. The molecule has 0 radical (unpaired) electrons. The van der Waals surface area contributed by atoms with Crippen molar-refractivity contribution in [3.05, 3.63) is 48.2 Å². The number of aromatic nitrogens is 2. The van der Waals surface area contributed by atoms with E-state index in [1.165, 1.54) is 29.4 Å². The fraction of sp³-hybridized carbons (Fsp3) is 0.267. The van der Waals surface area contributed by atoms with Crippen LogP contribution in [0.1, 0.15) is 24.3 Å². The van der Waals surface area contributed by atoms with E-state index in [1.807, 2.05) is 13.8 Å². The summed E-state index contributed by atoms with van der Waals surface area (Å²) in [6.07, 6.45) is 2.96. The number of benzene rings is 1. The van der Waals surface area contributed by atoms with Crippen LogP contribution in [0.2, 0.25) is 0 Å². The van der Waals surface area contributed by atoms with Gasteiger partial charge >= 0.3 is 0 Å². The predicted molar refractivity (Wildman–Crippen MR) is 79.9 cm³/mol. The number of rotatable bonds is 5. The van der Waals surface area contributed by atoms with Gasteiger partial charge in [0.2, 0.25) is 0 Å². The molecule has 1 heterocycles. The van der Waals surface area contributed by atoms with E-state index in [4.69, 9.17) is 0 Å². The summed E-state index contributed by atoms with van der Waals surface area (Å²) >= 11 is 0. The maximum absolute atomic E-state index is 13.0. The molecule has 1 N–H and O–H groups in total. The molecule has 0 bridgehead atoms. The molecular weight excluding hydrogens is 271 g/mol. The van der Waals surface area contributed by atoms with Crippen molar-refractivity contribution < 1.29 is 9.18 Å². The largest absolute Gasteiger partial charge is 0.369 e. The van der Waals surface area contributed by atoms with Gasteiger partial charge in [-0.05, 0) is 38.1 Å². The van der Waals surface area contributed by atoms with Gasteiger partial charge in [0.1, 0.15) is 17.3 Å². The first-order chi connectivity index (χ1) is 10.2. The Kier molecular flexibility index (Phi) is 4.81. The Morgan fingerprint density at radius 2 is 1.90 bits per heavy atom. The van der Waals surface area contributed by atoms with Crippen molar-refractivity contribution in [1.29, 1.82) is 0 Å². The number of carbonyl (C=O) groups is 1. The number of nitrogens with one attached hydrogen (secondary N) is 1. The molecule has 1 amide bonds. The van der Waals surface area contributed by atoms with Crippen molar-refractivity contribution in [1.82, 2.24) is 9.97 Å². The van der Waals surface area contributed by atoms with Crippen LogP contribution in [0.25, 0.3) is 0 Å². The zero-order chi connectivity index (χ0) is 15.2. The van der Waals surface area contributed by atoms with Crippen LogP contribution in [-0.2, 0) is 0 Å². The van der Waals surface area contributed by atoms with E-state index in [0.29, 0.717) is 18.1 Å². The molecule has 0 fully saturated rings. The second kappa shape index (κ2) is 6.78. The molecule has 0 saturated heterocycles. The van der Waals surface area contributed by atoms with E-state index in [9.17, 15) is 9.18 Å². The fourth-order valence-corrected chi connectivity index (χ4v) is 1.91. The summed E-state index contributed by atoms with van der Waals surface area (Å²) < 4.78 is 13.0. The summed E-state index contributed by atoms with van der Waals surface area (Å²) in [7, 11) is 0. The van der Waals surface area contributed by atoms with Gasteiger partial charge in [-0.2, -0.15) is 0 Å². The molecular formula is C15H17FN4O. The molecule has 0 saturated carbocycles. The smallest absolute Gasteiger partial charge is 0.278 e. The fourth-order valence-electron chi connectivity index (χ4n) is 1.91. The van der Waals surface area contributed by atoms with E-state index in [-0.39, 0.29) is 17.4 Å². The third-order valence-corrected chi connectivity index (χ3v) is 2.93. The minimum Gasteiger partial charge on any atom is -0.369 e. The molecule has 110 valence electrons. The van der Waals surface area contributed by atoms with Crippen LogP contribution in [0.15, 0.2) is 36.7 Å². The third kappa shape index (κ3) is 3.53. The quantitative estimate of drug-likeness (QED) is 0.919. The van der Waals surface area contributed by atoms with Gasteiger partial charge in [-0.25, -0.2) is 14.4 Å². The Bertz CT molecular complexity index is 598. The molecule has 1 aromatic heterocycles. The minimum absolute atomic E-state index is 0.253. The van der Waals surface area contributed by atoms with Crippen LogP contribution >= 0.6 is 0 Å². The summed E-state index contributed by atoms with van der Waals surface area (Å²) in [4.78, 5) is 22.2. The van der Waals surface area contributed by atoms with E-state index in [2.05, 4.69) is 15.3 Å². The first-order valence-corrected chi connectivity index (χ1v) is 6.79. The van der Waals surface area contributed by atoms with Gasteiger partial charge in [0.05, 0.1) is 12.4 Å². The monoisotopic (exact) mass is 288 g/mol. The first kappa shape index (κ1) is 14.9. The lowest BCUT2D eigenvalue weighted by Crippen LogP contribution is -2.31. The molecule has 0 spiro atoms. The van der Waals surface area contributed by atoms with E-state index in [0.717, 1.165) is 6.54 Å². The van der Waals surface area contributed by atoms with Crippen molar-refractivity contribution in [2.24, 2.45) is 0 Å². The van der Waals surface area contributed by atoms with Crippen molar-refractivity contribution in [3.63, 3.8) is 0 Å². The summed E-state index contributed by atoms with van der Waals surface area (Å²) in [5.41, 5.74) is 0.879. The third-order valence-electron chi connectivity index (χ3n) is 2.93. The van der Waals surface area contributed by atoms with Crippen LogP contribution in [0, 0.1) is 5.82 Å². The maximum Gasteiger partial charge on any atom is 0.278 e. The van der Waals surface area contributed by atoms with Gasteiger partial charge in [-0.3, -0.25) is 4.79 Å². The lowest BCUT2D eigenvalue weighted by molar-refractivity contribution is 0.0983. The second-order valence-electron chi connectivity index (χ2n) is 4.34. The molecule has 6 heteroatoms. The van der Waals surface area contributed by atoms with Crippen molar-refractivity contribution in [3.8, 4) is 0 Å². The number of hydrogen-bond donors (Lipinski definition) is 1. The van der Waals surface area contributed by atoms with Crippen LogP contribution in [-0.4, -0.2) is 29.0 Å². The van der Waals surface area contributed by atoms with Crippen LogP contribution in [0.3, 0.4) is 0 Å². The highest BCUT2D eigenvalue weighted by Gasteiger charge is 2.17. The first-order valence-electron chi connectivity index (χ1n) is 6.79. The topological polar surface area (TPSA) is 58.1 Å². The molecule has 21 heavy (non-hydrogen) atoms. The van der Waals surface area contributed by atoms with Gasteiger partial charge in [0, 0.05) is 18.8 Å². The number of halogens is 1. The van der Waals surface area contributed by atoms with E-state index >= 15 is 0 Å². The van der Waals surface area contributed by atoms with Crippen LogP contribution in [0.4, 0.5) is 15.9 Å². The molecule has 0 atom stereocenters. The summed E-state index contributed by atoms with van der Waals surface area (Å²) in [5, 5.41) is 3.01. The molecule has 2 aromatic rings. The molecule has 1 aromatic carbocycles. The summed E-state index contributed by atoms with van der Waals surface area (Å²) in [5.74, 6) is 0.0237. The average molecular weight is 288 g/mol. The van der Waals surface area contributed by atoms with Gasteiger partial charge in [-0.15, -0.1) is 0 Å². The second-order valence-corrected chi connectivity index (χ2v) is 4.34. The minimum atomic E-state index is -0.336. The van der Waals surface area contributed by atoms with Gasteiger partial charge in [0.25, 0.3) is 5.91 Å². The Morgan fingerprint density at radius 1 is 1.19 bits per heavy atom. The van der Waals surface area contributed by atoms with Crippen LogP contribution in [0.5, 0.6) is 0 Å². The number of hydrogen-bond acceptors (Lipinski definition) is 4. The molecule has 0 aliphatic rings. The average Bonchev–Trinajstić information content (AvgIpc) is 2.51. The van der Waals surface area contributed by atoms with Crippen molar-refractivity contribution in [2.75, 3.05) is 23.3 Å². The normalized spacial score (nSPS) is 10.2. The Hall–Kier alpha value is -2.50. The summed E-state index contributed by atoms with van der Waals surface area (Å²) in [6.45, 7) is 5.00. The number of anilines is 2. The van der Waals surface area contributed by atoms with Crippen molar-refractivity contribution in [2.45, 2.75) is 13.8 Å². The van der Waals surface area contributed by atoms with Crippen molar-refractivity contribution >= 4 is 17.4 Å². The summed E-state index contributed by atoms with van der Waals surface area (Å²) in [6, 6.07) is 5.78. The zero-order valence-electron chi connectivity index (χ0n) is 12.0. The number of nitrogens with zero attached hydrogens (tertiary/aromatic N) is 3. The molecule has 0 aliphatic heterocycles. The van der Waals surface area contributed by atoms with Gasteiger partial charge in [0.15, 0.2) is 0 Å². The Labute approximate surface area is 122 Å². The number of carbonyl (C=O) groups excluding carboxylic acids is 1. The van der Waals surface area contributed by atoms with Gasteiger partial charge in [-0.1, -0.05) is 0 Å². The molecule has 0 aliphatic carbocycles. The highest BCUT2D eigenvalue weighted by Crippen LogP contribution is 2.17. The lowest BCUT2D eigenvalue weighted by atomic mass is 10.2. The molecule has 0 unspecified atom stereocenters. The molecule has 2 rings (SSSR count). The standard InChI is InChI=1S/C15H17FN4O/c1-3-17-14-10-18-13(9-19-14)15(21)20(4-2)12-7-5-11(16)6-8-12/h5-10H,3-4H2,1-2H3,(H,17,19). The van der Waals surface area contributed by atoms with E-state index in [1.54, 1.807) is 12.1 Å². The van der Waals surface area contributed by atoms with E-state index < -0.39 is 0 Å². The Balaban J connectivity index is 2.21. The van der Waals surface area contributed by atoms with Crippen LogP contribution < -0.4 is 10.2 Å². The SMILES string of the molecule is CCNc1cnc(C(=O)N(CC)c2ccc(F)cc2)cn1. The lowest BCUT2D eigenvalue weighted by Gasteiger charge is -2.20. The maximum atomic E-state index is 13.0. The Morgan fingerprint density at radius 3 is 2.43 bits per heavy atom. The highest BCUT2D eigenvalue weighted by molar-refractivity contribution is 6.04.